The van der Waals surface area contributed by atoms with Crippen molar-refractivity contribution in [3.8, 4) is 0 Å². The van der Waals surface area contributed by atoms with Gasteiger partial charge in [0.2, 0.25) is 0 Å². The highest BCUT2D eigenvalue weighted by Gasteiger charge is 2.12. The Hall–Kier alpha value is -2.14. The second-order valence-electron chi connectivity index (χ2n) is 11.2. The number of aliphatic hydroxyl groups excluding tert-OH is 1. The van der Waals surface area contributed by atoms with E-state index >= 15 is 0 Å². The van der Waals surface area contributed by atoms with E-state index in [9.17, 15) is 14.7 Å². The first-order chi connectivity index (χ1) is 20.6. The first-order valence-electron chi connectivity index (χ1n) is 17.2. The van der Waals surface area contributed by atoms with Crippen LogP contribution in [-0.2, 0) is 19.1 Å². The zero-order valence-electron chi connectivity index (χ0n) is 27.2. The molecular weight excluding hydrogens is 524 g/mol. The van der Waals surface area contributed by atoms with Crippen molar-refractivity contribution >= 4 is 11.9 Å². The van der Waals surface area contributed by atoms with Gasteiger partial charge in [-0.2, -0.15) is 0 Å². The van der Waals surface area contributed by atoms with E-state index < -0.39 is 6.10 Å². The Balaban J connectivity index is 3.51. The quantitative estimate of drug-likeness (QED) is 0.0513. The number of aliphatic hydroxyl groups is 1. The molecule has 0 heterocycles. The molecule has 0 aliphatic heterocycles. The van der Waals surface area contributed by atoms with E-state index in [0.717, 1.165) is 77.0 Å². The lowest BCUT2D eigenvalue weighted by molar-refractivity contribution is -0.152. The number of carbonyl (C=O) groups is 2. The lowest BCUT2D eigenvalue weighted by atomic mass is 10.1. The number of ether oxygens (including phenoxy) is 2. The van der Waals surface area contributed by atoms with Gasteiger partial charge in [0.05, 0.1) is 0 Å². The highest BCUT2D eigenvalue weighted by molar-refractivity contribution is 5.69. The molecule has 0 rings (SSSR count). The fourth-order valence-electron chi connectivity index (χ4n) is 4.45. The minimum Gasteiger partial charge on any atom is -0.463 e. The van der Waals surface area contributed by atoms with Crippen molar-refractivity contribution in [2.75, 3.05) is 13.2 Å². The van der Waals surface area contributed by atoms with Crippen LogP contribution in [0.2, 0.25) is 0 Å². The standard InChI is InChI=1S/C37H64O5/c1-3-5-7-9-11-13-15-17-18-20-22-24-26-28-30-32-37(40)42-34-35(38)33-41-36(39)31-29-27-25-23-21-19-16-14-12-10-8-6-4-2/h5,7,11,13,17-19,21,35,38H,3-4,6,8-10,12,14-16,20,22-34H2,1-2H3/b7-5-,13-11-,18-17-,21-19-/t35-/m1/s1. The minimum absolute atomic E-state index is 0.131. The van der Waals surface area contributed by atoms with Gasteiger partial charge in [0.15, 0.2) is 0 Å². The third-order valence-electron chi connectivity index (χ3n) is 7.05. The highest BCUT2D eigenvalue weighted by atomic mass is 16.6. The van der Waals surface area contributed by atoms with Gasteiger partial charge in [-0.1, -0.05) is 120 Å². The Kier molecular flexibility index (Phi) is 31.7. The Morgan fingerprint density at radius 3 is 1.40 bits per heavy atom. The van der Waals surface area contributed by atoms with Crippen molar-refractivity contribution in [3.05, 3.63) is 48.6 Å². The molecule has 5 nitrogen and oxygen atoms in total. The molecule has 42 heavy (non-hydrogen) atoms. The summed E-state index contributed by atoms with van der Waals surface area (Å²) in [5, 5.41) is 9.96. The predicted octanol–water partition coefficient (Wildman–Crippen LogP) is 10.3. The number of unbranched alkanes of at least 4 members (excludes halogenated alkanes) is 14. The van der Waals surface area contributed by atoms with E-state index in [1.165, 1.54) is 51.4 Å². The Labute approximate surface area is 258 Å². The van der Waals surface area contributed by atoms with Gasteiger partial charge in [0.25, 0.3) is 0 Å². The minimum atomic E-state index is -0.976. The smallest absolute Gasteiger partial charge is 0.305 e. The summed E-state index contributed by atoms with van der Waals surface area (Å²) >= 11 is 0. The molecule has 0 spiro atoms. The summed E-state index contributed by atoms with van der Waals surface area (Å²) in [6.45, 7) is 4.13. The van der Waals surface area contributed by atoms with Gasteiger partial charge in [-0.05, 0) is 70.6 Å². The van der Waals surface area contributed by atoms with Crippen LogP contribution in [-0.4, -0.2) is 36.4 Å². The molecule has 0 bridgehead atoms. The van der Waals surface area contributed by atoms with Gasteiger partial charge in [0, 0.05) is 12.8 Å². The maximum absolute atomic E-state index is 11.9. The van der Waals surface area contributed by atoms with Gasteiger partial charge < -0.3 is 14.6 Å². The zero-order valence-corrected chi connectivity index (χ0v) is 27.2. The summed E-state index contributed by atoms with van der Waals surface area (Å²) in [4.78, 5) is 23.8. The summed E-state index contributed by atoms with van der Waals surface area (Å²) in [7, 11) is 0. The van der Waals surface area contributed by atoms with Crippen molar-refractivity contribution < 1.29 is 24.2 Å². The van der Waals surface area contributed by atoms with Gasteiger partial charge in [-0.3, -0.25) is 9.59 Å². The first kappa shape index (κ1) is 39.9. The Morgan fingerprint density at radius 2 is 0.905 bits per heavy atom. The molecule has 0 amide bonds. The van der Waals surface area contributed by atoms with Gasteiger partial charge in [-0.15, -0.1) is 0 Å². The number of hydrogen-bond donors (Lipinski definition) is 1. The van der Waals surface area contributed by atoms with Gasteiger partial charge >= 0.3 is 11.9 Å². The highest BCUT2D eigenvalue weighted by Crippen LogP contribution is 2.10. The van der Waals surface area contributed by atoms with Crippen LogP contribution in [0.4, 0.5) is 0 Å². The maximum atomic E-state index is 11.9. The average molecular weight is 589 g/mol. The zero-order chi connectivity index (χ0) is 30.8. The Bertz CT molecular complexity index is 722. The third kappa shape index (κ3) is 32.4. The van der Waals surface area contributed by atoms with Crippen molar-refractivity contribution in [1.29, 1.82) is 0 Å². The van der Waals surface area contributed by atoms with Crippen molar-refractivity contribution in [3.63, 3.8) is 0 Å². The average Bonchev–Trinajstić information content (AvgIpc) is 2.99. The summed E-state index contributed by atoms with van der Waals surface area (Å²) < 4.78 is 10.3. The second-order valence-corrected chi connectivity index (χ2v) is 11.2. The summed E-state index contributed by atoms with van der Waals surface area (Å²) in [5.74, 6) is -0.607. The number of rotatable bonds is 30. The number of esters is 2. The SMILES string of the molecule is CC/C=C\C/C=C\C/C=C\CCCCCCCC(=O)OC[C@H](O)COC(=O)CCCCC/C=C\CCCCCCCC. The van der Waals surface area contributed by atoms with Crippen LogP contribution in [0.1, 0.15) is 155 Å². The molecule has 5 heteroatoms. The molecule has 0 aliphatic rings. The van der Waals surface area contributed by atoms with E-state index in [1.807, 2.05) is 0 Å². The topological polar surface area (TPSA) is 72.8 Å². The lowest BCUT2D eigenvalue weighted by Crippen LogP contribution is -2.25. The summed E-state index contributed by atoms with van der Waals surface area (Å²) in [6, 6.07) is 0. The molecule has 0 aromatic carbocycles. The molecule has 0 saturated heterocycles. The lowest BCUT2D eigenvalue weighted by Gasteiger charge is -2.12. The first-order valence-corrected chi connectivity index (χ1v) is 17.2. The molecule has 0 radical (unpaired) electrons. The molecule has 1 atom stereocenters. The fraction of sp³-hybridized carbons (Fsp3) is 0.730. The largest absolute Gasteiger partial charge is 0.463 e. The van der Waals surface area contributed by atoms with Crippen LogP contribution < -0.4 is 0 Å². The van der Waals surface area contributed by atoms with Crippen LogP contribution in [0, 0.1) is 0 Å². The number of allylic oxidation sites excluding steroid dienone is 8. The van der Waals surface area contributed by atoms with Crippen LogP contribution in [0.3, 0.4) is 0 Å². The second kappa shape index (κ2) is 33.4. The third-order valence-corrected chi connectivity index (χ3v) is 7.05. The van der Waals surface area contributed by atoms with Gasteiger partial charge in [0.1, 0.15) is 19.3 Å². The molecule has 0 aromatic rings. The van der Waals surface area contributed by atoms with Crippen LogP contribution in [0.5, 0.6) is 0 Å². The molecule has 242 valence electrons. The Morgan fingerprint density at radius 1 is 0.524 bits per heavy atom. The van der Waals surface area contributed by atoms with Gasteiger partial charge in [-0.25, -0.2) is 0 Å². The molecule has 1 N–H and O–H groups in total. The molecule has 0 fully saturated rings. The normalized spacial score (nSPS) is 12.7. The molecule has 0 saturated carbocycles. The van der Waals surface area contributed by atoms with E-state index in [1.54, 1.807) is 0 Å². The fourth-order valence-corrected chi connectivity index (χ4v) is 4.45. The number of hydrogen-bond acceptors (Lipinski definition) is 5. The summed E-state index contributed by atoms with van der Waals surface area (Å²) in [5.41, 5.74) is 0. The molecule has 0 aliphatic carbocycles. The monoisotopic (exact) mass is 588 g/mol. The van der Waals surface area contributed by atoms with Crippen LogP contribution >= 0.6 is 0 Å². The van der Waals surface area contributed by atoms with Crippen LogP contribution in [0.15, 0.2) is 48.6 Å². The van der Waals surface area contributed by atoms with E-state index in [2.05, 4.69) is 62.5 Å². The van der Waals surface area contributed by atoms with Crippen LogP contribution in [0.25, 0.3) is 0 Å². The van der Waals surface area contributed by atoms with Crippen molar-refractivity contribution in [1.82, 2.24) is 0 Å². The molecule has 0 aromatic heterocycles. The van der Waals surface area contributed by atoms with E-state index in [0.29, 0.717) is 12.8 Å². The molecule has 0 unspecified atom stereocenters. The molecular formula is C37H64O5. The van der Waals surface area contributed by atoms with Crippen molar-refractivity contribution in [2.24, 2.45) is 0 Å². The predicted molar refractivity (Wildman–Crippen MR) is 177 cm³/mol. The maximum Gasteiger partial charge on any atom is 0.305 e. The van der Waals surface area contributed by atoms with E-state index in [4.69, 9.17) is 9.47 Å². The number of carbonyl (C=O) groups excluding carboxylic acids is 2. The van der Waals surface area contributed by atoms with Crippen molar-refractivity contribution in [2.45, 2.75) is 161 Å². The van der Waals surface area contributed by atoms with E-state index in [-0.39, 0.29) is 25.2 Å². The summed E-state index contributed by atoms with van der Waals surface area (Å²) in [6.07, 6.45) is 40.1.